The number of nitrogens with zero attached hydrogens (tertiary/aromatic N) is 1. The summed E-state index contributed by atoms with van der Waals surface area (Å²) in [7, 11) is 0. The van der Waals surface area contributed by atoms with E-state index in [4.69, 9.17) is 11.6 Å². The van der Waals surface area contributed by atoms with Gasteiger partial charge in [-0.3, -0.25) is 19.7 Å². The normalized spacial score (nSPS) is 21.3. The number of phenols is 1. The number of phenolic OH excluding ortho intramolecular Hbond substituents is 1. The lowest BCUT2D eigenvalue weighted by Gasteiger charge is -2.27. The predicted octanol–water partition coefficient (Wildman–Crippen LogP) is 1.07. The maximum Gasteiger partial charge on any atom is 0.258 e. The Kier molecular flexibility index (Phi) is 3.33. The Morgan fingerprint density at radius 2 is 2.05 bits per heavy atom. The molecule has 7 heteroatoms. The second-order valence-corrected chi connectivity index (χ2v) is 5.67. The van der Waals surface area contributed by atoms with Crippen LogP contribution in [0.5, 0.6) is 5.75 Å². The Morgan fingerprint density at radius 1 is 1.33 bits per heavy atom. The SMILES string of the molecule is O=C1CC(N(C(=O)c2ccc(Cl)cc2O)C2CC2)C(=O)N1. The van der Waals surface area contributed by atoms with Crippen LogP contribution < -0.4 is 5.32 Å². The van der Waals surface area contributed by atoms with Crippen molar-refractivity contribution in [2.75, 3.05) is 0 Å². The highest BCUT2D eigenvalue weighted by atomic mass is 35.5. The van der Waals surface area contributed by atoms with Crippen LogP contribution in [-0.2, 0) is 9.59 Å². The molecule has 6 nitrogen and oxygen atoms in total. The van der Waals surface area contributed by atoms with Crippen molar-refractivity contribution in [3.05, 3.63) is 28.8 Å². The van der Waals surface area contributed by atoms with Gasteiger partial charge in [-0.25, -0.2) is 0 Å². The van der Waals surface area contributed by atoms with Crippen LogP contribution in [0.25, 0.3) is 0 Å². The Labute approximate surface area is 125 Å². The van der Waals surface area contributed by atoms with Gasteiger partial charge >= 0.3 is 0 Å². The van der Waals surface area contributed by atoms with Crippen molar-refractivity contribution in [1.29, 1.82) is 0 Å². The van der Waals surface area contributed by atoms with Crippen LogP contribution in [0, 0.1) is 0 Å². The maximum absolute atomic E-state index is 12.6. The number of hydrogen-bond acceptors (Lipinski definition) is 4. The Bertz CT molecular complexity index is 642. The van der Waals surface area contributed by atoms with E-state index in [-0.39, 0.29) is 29.7 Å². The number of amides is 3. The van der Waals surface area contributed by atoms with Gasteiger partial charge in [-0.15, -0.1) is 0 Å². The standard InChI is InChI=1S/C14H13ClN2O4/c15-7-1-4-9(11(18)5-7)14(21)17(8-2-3-8)10-6-12(19)16-13(10)20/h1,4-5,8,10,18H,2-3,6H2,(H,16,19,20). The summed E-state index contributed by atoms with van der Waals surface area (Å²) in [5.41, 5.74) is 0.0819. The predicted molar refractivity (Wildman–Crippen MR) is 73.9 cm³/mol. The van der Waals surface area contributed by atoms with Gasteiger partial charge in [0.25, 0.3) is 5.91 Å². The van der Waals surface area contributed by atoms with Gasteiger partial charge < -0.3 is 10.0 Å². The van der Waals surface area contributed by atoms with Gasteiger partial charge in [0.05, 0.1) is 12.0 Å². The minimum absolute atomic E-state index is 0.0323. The zero-order valence-corrected chi connectivity index (χ0v) is 11.8. The molecule has 0 bridgehead atoms. The molecule has 21 heavy (non-hydrogen) atoms. The minimum atomic E-state index is -0.799. The zero-order chi connectivity index (χ0) is 15.1. The fraction of sp³-hybridized carbons (Fsp3) is 0.357. The number of carbonyl (C=O) groups excluding carboxylic acids is 3. The monoisotopic (exact) mass is 308 g/mol. The lowest BCUT2D eigenvalue weighted by atomic mass is 10.1. The highest BCUT2D eigenvalue weighted by Gasteiger charge is 2.45. The molecular formula is C14H13ClN2O4. The van der Waals surface area contributed by atoms with Crippen LogP contribution in [-0.4, -0.2) is 39.8 Å². The third-order valence-electron chi connectivity index (χ3n) is 3.64. The first-order valence-electron chi connectivity index (χ1n) is 6.62. The van der Waals surface area contributed by atoms with Gasteiger partial charge in [-0.2, -0.15) is 0 Å². The molecule has 3 amide bonds. The fourth-order valence-corrected chi connectivity index (χ4v) is 2.67. The summed E-state index contributed by atoms with van der Waals surface area (Å²) in [5, 5.41) is 12.4. The second-order valence-electron chi connectivity index (χ2n) is 5.24. The molecule has 1 aliphatic heterocycles. The molecule has 2 aliphatic rings. The van der Waals surface area contributed by atoms with Gasteiger partial charge in [-0.1, -0.05) is 11.6 Å². The summed E-state index contributed by atoms with van der Waals surface area (Å²) in [6, 6.07) is 3.34. The van der Waals surface area contributed by atoms with Gasteiger partial charge in [-0.05, 0) is 31.0 Å². The van der Waals surface area contributed by atoms with Gasteiger partial charge in [0.1, 0.15) is 11.8 Å². The summed E-state index contributed by atoms with van der Waals surface area (Å²) < 4.78 is 0. The van der Waals surface area contributed by atoms with Crippen molar-refractivity contribution in [2.24, 2.45) is 0 Å². The van der Waals surface area contributed by atoms with Crippen molar-refractivity contribution < 1.29 is 19.5 Å². The summed E-state index contributed by atoms with van der Waals surface area (Å²) in [4.78, 5) is 37.2. The first kappa shape index (κ1) is 13.9. The zero-order valence-electron chi connectivity index (χ0n) is 11.0. The molecule has 1 atom stereocenters. The third-order valence-corrected chi connectivity index (χ3v) is 3.88. The Hall–Kier alpha value is -2.08. The third kappa shape index (κ3) is 2.58. The van der Waals surface area contributed by atoms with Crippen molar-refractivity contribution in [1.82, 2.24) is 10.2 Å². The van der Waals surface area contributed by atoms with E-state index >= 15 is 0 Å². The fourth-order valence-electron chi connectivity index (χ4n) is 2.50. The topological polar surface area (TPSA) is 86.7 Å². The number of aromatic hydroxyl groups is 1. The summed E-state index contributed by atoms with van der Waals surface area (Å²) in [6.45, 7) is 0. The van der Waals surface area contributed by atoms with E-state index in [1.54, 1.807) is 0 Å². The van der Waals surface area contributed by atoms with Crippen molar-refractivity contribution in [3.8, 4) is 5.75 Å². The van der Waals surface area contributed by atoms with E-state index in [0.29, 0.717) is 5.02 Å². The molecule has 2 fully saturated rings. The highest BCUT2D eigenvalue weighted by molar-refractivity contribution is 6.30. The number of halogens is 1. The quantitative estimate of drug-likeness (QED) is 0.818. The average Bonchev–Trinajstić information content (AvgIpc) is 3.16. The van der Waals surface area contributed by atoms with E-state index in [9.17, 15) is 19.5 Å². The van der Waals surface area contributed by atoms with Crippen LogP contribution in [0.2, 0.25) is 5.02 Å². The summed E-state index contributed by atoms with van der Waals surface area (Å²) in [5.74, 6) is -1.54. The van der Waals surface area contributed by atoms with E-state index in [1.165, 1.54) is 23.1 Å². The second kappa shape index (κ2) is 5.04. The molecule has 1 aromatic carbocycles. The van der Waals surface area contributed by atoms with Crippen LogP contribution in [0.15, 0.2) is 18.2 Å². The number of benzene rings is 1. The number of hydrogen-bond donors (Lipinski definition) is 2. The maximum atomic E-state index is 12.6. The molecule has 1 unspecified atom stereocenters. The Balaban J connectivity index is 1.92. The van der Waals surface area contributed by atoms with E-state index in [0.717, 1.165) is 12.8 Å². The number of imide groups is 1. The van der Waals surface area contributed by atoms with E-state index in [2.05, 4.69) is 5.32 Å². The van der Waals surface area contributed by atoms with Crippen LogP contribution in [0.1, 0.15) is 29.6 Å². The molecule has 2 N–H and O–H groups in total. The lowest BCUT2D eigenvalue weighted by molar-refractivity contribution is -0.126. The van der Waals surface area contributed by atoms with Crippen LogP contribution >= 0.6 is 11.6 Å². The average molecular weight is 309 g/mol. The molecule has 3 rings (SSSR count). The lowest BCUT2D eigenvalue weighted by Crippen LogP contribution is -2.45. The molecule has 1 aliphatic carbocycles. The Morgan fingerprint density at radius 3 is 2.57 bits per heavy atom. The molecular weight excluding hydrogens is 296 g/mol. The number of rotatable bonds is 3. The highest BCUT2D eigenvalue weighted by Crippen LogP contribution is 2.34. The molecule has 0 aromatic heterocycles. The summed E-state index contributed by atoms with van der Waals surface area (Å²) >= 11 is 5.75. The number of nitrogens with one attached hydrogen (secondary N) is 1. The first-order valence-corrected chi connectivity index (χ1v) is 7.00. The largest absolute Gasteiger partial charge is 0.507 e. The number of carbonyl (C=O) groups is 3. The molecule has 1 saturated heterocycles. The van der Waals surface area contributed by atoms with Gasteiger partial charge in [0.15, 0.2) is 0 Å². The first-order chi connectivity index (χ1) is 9.97. The van der Waals surface area contributed by atoms with Crippen molar-refractivity contribution >= 4 is 29.3 Å². The molecule has 0 spiro atoms. The minimum Gasteiger partial charge on any atom is -0.507 e. The summed E-state index contributed by atoms with van der Waals surface area (Å²) in [6.07, 6.45) is 1.55. The van der Waals surface area contributed by atoms with E-state index in [1.807, 2.05) is 0 Å². The molecule has 110 valence electrons. The van der Waals surface area contributed by atoms with Gasteiger partial charge in [0.2, 0.25) is 11.8 Å². The van der Waals surface area contributed by atoms with Crippen molar-refractivity contribution in [3.63, 3.8) is 0 Å². The smallest absolute Gasteiger partial charge is 0.258 e. The van der Waals surface area contributed by atoms with Crippen LogP contribution in [0.4, 0.5) is 0 Å². The van der Waals surface area contributed by atoms with Crippen molar-refractivity contribution in [2.45, 2.75) is 31.3 Å². The molecule has 0 radical (unpaired) electrons. The van der Waals surface area contributed by atoms with E-state index < -0.39 is 17.9 Å². The van der Waals surface area contributed by atoms with Gasteiger partial charge in [0, 0.05) is 11.1 Å². The van der Waals surface area contributed by atoms with Crippen LogP contribution in [0.3, 0.4) is 0 Å². The molecule has 1 saturated carbocycles. The molecule has 1 heterocycles. The molecule has 1 aromatic rings.